The Hall–Kier alpha value is -4.14. The van der Waals surface area contributed by atoms with Gasteiger partial charge in [0.05, 0.1) is 17.5 Å². The molecule has 1 aromatic carbocycles. The molecule has 35 heavy (non-hydrogen) atoms. The molecule has 5 rings (SSSR count). The van der Waals surface area contributed by atoms with E-state index in [0.717, 1.165) is 30.4 Å². The highest BCUT2D eigenvalue weighted by Crippen LogP contribution is 2.32. The molecule has 4 heterocycles. The van der Waals surface area contributed by atoms with Crippen LogP contribution in [0.4, 0.5) is 0 Å². The van der Waals surface area contributed by atoms with Gasteiger partial charge in [-0.3, -0.25) is 19.4 Å². The van der Waals surface area contributed by atoms with E-state index in [0.29, 0.717) is 29.3 Å². The van der Waals surface area contributed by atoms with Crippen molar-refractivity contribution >= 4 is 22.6 Å². The number of carbonyl (C=O) groups is 1. The van der Waals surface area contributed by atoms with Gasteiger partial charge < -0.3 is 19.4 Å². The van der Waals surface area contributed by atoms with E-state index < -0.39 is 0 Å². The summed E-state index contributed by atoms with van der Waals surface area (Å²) in [6, 6.07) is 10.7. The number of amides is 1. The zero-order valence-electron chi connectivity index (χ0n) is 19.8. The molecule has 0 saturated heterocycles. The zero-order chi connectivity index (χ0) is 24.5. The zero-order valence-corrected chi connectivity index (χ0v) is 19.8. The number of benzene rings is 1. The molecule has 9 heteroatoms. The lowest BCUT2D eigenvalue weighted by molar-refractivity contribution is 0.0950. The summed E-state index contributed by atoms with van der Waals surface area (Å²) in [5.41, 5.74) is 2.39. The van der Waals surface area contributed by atoms with Gasteiger partial charge in [0, 0.05) is 12.7 Å². The number of nitrogens with one attached hydrogen (secondary N) is 2. The fourth-order valence-corrected chi connectivity index (χ4v) is 4.32. The Morgan fingerprint density at radius 2 is 1.97 bits per heavy atom. The Morgan fingerprint density at radius 3 is 2.80 bits per heavy atom. The van der Waals surface area contributed by atoms with E-state index in [2.05, 4.69) is 12.2 Å². The highest BCUT2D eigenvalue weighted by Gasteiger charge is 2.19. The summed E-state index contributed by atoms with van der Waals surface area (Å²) in [5.74, 6) is 0.909. The molecule has 9 nitrogen and oxygen atoms in total. The Kier molecular flexibility index (Phi) is 5.98. The SMILES string of the molecule is CCCCCNC(=O)c1cc2c(=O)n3cccc(C)c3nc2n(Cc2ccc3c(c2)OCO3)c1=N. The number of ether oxygens (including phenoxy) is 2. The number of nitrogens with zero attached hydrogens (tertiary/aromatic N) is 3. The second-order valence-corrected chi connectivity index (χ2v) is 8.68. The van der Waals surface area contributed by atoms with E-state index in [1.807, 2.05) is 31.2 Å². The Balaban J connectivity index is 1.69. The van der Waals surface area contributed by atoms with Crippen molar-refractivity contribution in [3.05, 3.63) is 75.1 Å². The predicted octanol–water partition coefficient (Wildman–Crippen LogP) is 3.13. The lowest BCUT2D eigenvalue weighted by atomic mass is 10.1. The van der Waals surface area contributed by atoms with Crippen LogP contribution in [0.15, 0.2) is 47.4 Å². The molecule has 1 aliphatic heterocycles. The van der Waals surface area contributed by atoms with Crippen molar-refractivity contribution in [1.29, 1.82) is 5.41 Å². The van der Waals surface area contributed by atoms with Gasteiger partial charge in [0.25, 0.3) is 11.5 Å². The van der Waals surface area contributed by atoms with Crippen LogP contribution in [0.25, 0.3) is 16.7 Å². The third-order valence-electron chi connectivity index (χ3n) is 6.22. The maximum absolute atomic E-state index is 13.5. The maximum atomic E-state index is 13.5. The number of pyridine rings is 2. The first-order valence-electron chi connectivity index (χ1n) is 11.7. The average Bonchev–Trinajstić information content (AvgIpc) is 3.32. The van der Waals surface area contributed by atoms with Gasteiger partial charge in [-0.1, -0.05) is 31.9 Å². The van der Waals surface area contributed by atoms with Gasteiger partial charge in [0.2, 0.25) is 6.79 Å². The van der Waals surface area contributed by atoms with E-state index in [4.69, 9.17) is 19.9 Å². The number of hydrogen-bond acceptors (Lipinski definition) is 6. The molecule has 2 N–H and O–H groups in total. The van der Waals surface area contributed by atoms with Crippen molar-refractivity contribution in [3.8, 4) is 11.5 Å². The van der Waals surface area contributed by atoms with Crippen molar-refractivity contribution in [2.45, 2.75) is 39.7 Å². The topological polar surface area (TPSA) is 111 Å². The molecule has 0 unspecified atom stereocenters. The normalized spacial score (nSPS) is 12.4. The maximum Gasteiger partial charge on any atom is 0.267 e. The first-order valence-corrected chi connectivity index (χ1v) is 11.7. The fraction of sp³-hybridized carbons (Fsp3) is 0.308. The lowest BCUT2D eigenvalue weighted by Gasteiger charge is -2.15. The summed E-state index contributed by atoms with van der Waals surface area (Å²) in [5, 5.41) is 12.1. The number of rotatable bonds is 7. The number of carbonyl (C=O) groups excluding carboxylic acids is 1. The van der Waals surface area contributed by atoms with Crippen LogP contribution in [0, 0.1) is 12.3 Å². The molecular formula is C26H27N5O4. The van der Waals surface area contributed by atoms with Crippen LogP contribution in [0.5, 0.6) is 11.5 Å². The van der Waals surface area contributed by atoms with E-state index in [9.17, 15) is 9.59 Å². The molecule has 3 aromatic heterocycles. The Labute approximate surface area is 201 Å². The van der Waals surface area contributed by atoms with Crippen molar-refractivity contribution < 1.29 is 14.3 Å². The number of unbranched alkanes of at least 4 members (excludes halogenated alkanes) is 2. The second kappa shape index (κ2) is 9.25. The molecule has 0 spiro atoms. The molecule has 180 valence electrons. The van der Waals surface area contributed by atoms with Gasteiger partial charge in [-0.25, -0.2) is 4.98 Å². The van der Waals surface area contributed by atoms with Crippen molar-refractivity contribution in [2.24, 2.45) is 0 Å². The molecule has 0 radical (unpaired) electrons. The predicted molar refractivity (Wildman–Crippen MR) is 131 cm³/mol. The van der Waals surface area contributed by atoms with Crippen LogP contribution in [0.1, 0.15) is 47.7 Å². The lowest BCUT2D eigenvalue weighted by Crippen LogP contribution is -2.35. The van der Waals surface area contributed by atoms with Crippen molar-refractivity contribution in [1.82, 2.24) is 19.3 Å². The Morgan fingerprint density at radius 1 is 1.14 bits per heavy atom. The number of fused-ring (bicyclic) bond motifs is 3. The first-order chi connectivity index (χ1) is 17.0. The molecule has 1 aliphatic rings. The Bertz CT molecular complexity index is 1570. The summed E-state index contributed by atoms with van der Waals surface area (Å²) in [7, 11) is 0. The fourth-order valence-electron chi connectivity index (χ4n) is 4.32. The van der Waals surface area contributed by atoms with Gasteiger partial charge in [0.1, 0.15) is 16.8 Å². The summed E-state index contributed by atoms with van der Waals surface area (Å²) in [6.07, 6.45) is 4.57. The molecule has 0 aliphatic carbocycles. The molecular weight excluding hydrogens is 446 g/mol. The van der Waals surface area contributed by atoms with Crippen LogP contribution in [0.2, 0.25) is 0 Å². The molecule has 0 bridgehead atoms. The van der Waals surface area contributed by atoms with Gasteiger partial charge >= 0.3 is 0 Å². The number of aryl methyl sites for hydroxylation is 1. The van der Waals surface area contributed by atoms with E-state index >= 15 is 0 Å². The van der Waals surface area contributed by atoms with Gasteiger partial charge in [0.15, 0.2) is 11.5 Å². The van der Waals surface area contributed by atoms with Crippen LogP contribution < -0.4 is 25.8 Å². The van der Waals surface area contributed by atoms with E-state index in [1.165, 1.54) is 10.5 Å². The third kappa shape index (κ3) is 4.14. The van der Waals surface area contributed by atoms with Gasteiger partial charge in [-0.05, 0) is 48.7 Å². The van der Waals surface area contributed by atoms with E-state index in [-0.39, 0.29) is 41.2 Å². The second-order valence-electron chi connectivity index (χ2n) is 8.68. The quantitative estimate of drug-likeness (QED) is 0.317. The first kappa shape index (κ1) is 22.6. The number of aromatic nitrogens is 3. The minimum absolute atomic E-state index is 0.00649. The van der Waals surface area contributed by atoms with Crippen LogP contribution in [-0.4, -0.2) is 33.2 Å². The van der Waals surface area contributed by atoms with Crippen molar-refractivity contribution in [3.63, 3.8) is 0 Å². The standard InChI is InChI=1S/C26H27N5O4/c1-3-4-5-10-28-25(32)18-13-19-24(29-23-16(2)7-6-11-30(23)26(19)33)31(22(18)27)14-17-8-9-20-21(12-17)35-15-34-20/h6-9,11-13,27H,3-5,10,14-15H2,1-2H3,(H,28,32). The smallest absolute Gasteiger partial charge is 0.267 e. The minimum atomic E-state index is -0.374. The molecule has 0 fully saturated rings. The van der Waals surface area contributed by atoms with Crippen molar-refractivity contribution in [2.75, 3.05) is 13.3 Å². The molecule has 0 saturated carbocycles. The van der Waals surface area contributed by atoms with Gasteiger partial charge in [-0.15, -0.1) is 0 Å². The summed E-state index contributed by atoms with van der Waals surface area (Å²) >= 11 is 0. The largest absolute Gasteiger partial charge is 0.454 e. The van der Waals surface area contributed by atoms with E-state index in [1.54, 1.807) is 16.8 Å². The third-order valence-corrected chi connectivity index (χ3v) is 6.22. The van der Waals surface area contributed by atoms with Crippen LogP contribution in [-0.2, 0) is 6.54 Å². The number of hydrogen-bond donors (Lipinski definition) is 2. The molecule has 0 atom stereocenters. The van der Waals surface area contributed by atoms with Gasteiger partial charge in [-0.2, -0.15) is 0 Å². The highest BCUT2D eigenvalue weighted by molar-refractivity contribution is 5.96. The highest BCUT2D eigenvalue weighted by atomic mass is 16.7. The summed E-state index contributed by atoms with van der Waals surface area (Å²) < 4.78 is 14.0. The average molecular weight is 474 g/mol. The monoisotopic (exact) mass is 473 g/mol. The minimum Gasteiger partial charge on any atom is -0.454 e. The van der Waals surface area contributed by atoms with Crippen LogP contribution in [0.3, 0.4) is 0 Å². The molecule has 1 amide bonds. The summed E-state index contributed by atoms with van der Waals surface area (Å²) in [6.45, 7) is 4.89. The summed E-state index contributed by atoms with van der Waals surface area (Å²) in [4.78, 5) is 31.3. The molecule has 4 aromatic rings. The van der Waals surface area contributed by atoms with Crippen LogP contribution >= 0.6 is 0 Å².